The molecule has 0 saturated carbocycles. The summed E-state index contributed by atoms with van der Waals surface area (Å²) in [4.78, 5) is 2.26. The van der Waals surface area contributed by atoms with E-state index in [1.54, 1.807) is 20.3 Å². The average Bonchev–Trinajstić information content (AvgIpc) is 2.94. The third-order valence-corrected chi connectivity index (χ3v) is 3.91. The zero-order chi connectivity index (χ0) is 15.1. The first kappa shape index (κ1) is 16.2. The Morgan fingerprint density at radius 2 is 2.19 bits per heavy atom. The Kier molecular flexibility index (Phi) is 6.42. The molecule has 118 valence electrons. The highest BCUT2D eigenvalue weighted by molar-refractivity contribution is 5.55. The molecule has 1 saturated heterocycles. The van der Waals surface area contributed by atoms with Gasteiger partial charge in [0, 0.05) is 57.6 Å². The van der Waals surface area contributed by atoms with Gasteiger partial charge in [0.2, 0.25) is 0 Å². The second kappa shape index (κ2) is 8.32. The smallest absolute Gasteiger partial charge is 0.129 e. The molecule has 1 aromatic rings. The number of benzene rings is 1. The second-order valence-electron chi connectivity index (χ2n) is 5.46. The van der Waals surface area contributed by atoms with Crippen LogP contribution in [0.1, 0.15) is 12.0 Å². The predicted octanol–water partition coefficient (Wildman–Crippen LogP) is 2.03. The van der Waals surface area contributed by atoms with Gasteiger partial charge in [-0.25, -0.2) is 4.39 Å². The number of nitrogens with zero attached hydrogens (tertiary/aromatic N) is 1. The maximum absolute atomic E-state index is 14.1. The lowest BCUT2D eigenvalue weighted by atomic mass is 10.1. The van der Waals surface area contributed by atoms with Gasteiger partial charge in [0.05, 0.1) is 13.2 Å². The van der Waals surface area contributed by atoms with Gasteiger partial charge in [-0.05, 0) is 18.6 Å². The van der Waals surface area contributed by atoms with Gasteiger partial charge >= 0.3 is 0 Å². The molecular weight excluding hydrogens is 271 g/mol. The SMILES string of the molecule is COCCNCc1c(F)cccc1N1CCC(COC)C1. The lowest BCUT2D eigenvalue weighted by Crippen LogP contribution is -2.25. The minimum Gasteiger partial charge on any atom is -0.384 e. The molecule has 0 spiro atoms. The summed E-state index contributed by atoms with van der Waals surface area (Å²) in [6, 6.07) is 5.32. The van der Waals surface area contributed by atoms with Crippen molar-refractivity contribution in [3.05, 3.63) is 29.6 Å². The second-order valence-corrected chi connectivity index (χ2v) is 5.46. The molecule has 5 heteroatoms. The van der Waals surface area contributed by atoms with Crippen LogP contribution in [0.15, 0.2) is 18.2 Å². The van der Waals surface area contributed by atoms with Crippen LogP contribution >= 0.6 is 0 Å². The van der Waals surface area contributed by atoms with Gasteiger partial charge in [-0.2, -0.15) is 0 Å². The van der Waals surface area contributed by atoms with E-state index >= 15 is 0 Å². The van der Waals surface area contributed by atoms with Crippen LogP contribution in [0.25, 0.3) is 0 Å². The molecule has 4 nitrogen and oxygen atoms in total. The van der Waals surface area contributed by atoms with E-state index < -0.39 is 0 Å². The fourth-order valence-electron chi connectivity index (χ4n) is 2.83. The summed E-state index contributed by atoms with van der Waals surface area (Å²) in [5.41, 5.74) is 1.74. The Balaban J connectivity index is 2.03. The van der Waals surface area contributed by atoms with Gasteiger partial charge in [-0.15, -0.1) is 0 Å². The van der Waals surface area contributed by atoms with Gasteiger partial charge in [0.25, 0.3) is 0 Å². The number of rotatable bonds is 8. The van der Waals surface area contributed by atoms with E-state index in [9.17, 15) is 4.39 Å². The molecule has 1 aromatic carbocycles. The lowest BCUT2D eigenvalue weighted by Gasteiger charge is -2.23. The molecule has 1 aliphatic rings. The molecule has 0 aliphatic carbocycles. The first-order valence-corrected chi connectivity index (χ1v) is 7.47. The molecule has 1 aliphatic heterocycles. The average molecular weight is 296 g/mol. The molecule has 1 fully saturated rings. The molecular formula is C16H25FN2O2. The summed E-state index contributed by atoms with van der Waals surface area (Å²) in [5, 5.41) is 3.23. The van der Waals surface area contributed by atoms with Crippen LogP contribution in [0.3, 0.4) is 0 Å². The highest BCUT2D eigenvalue weighted by atomic mass is 19.1. The number of nitrogens with one attached hydrogen (secondary N) is 1. The van der Waals surface area contributed by atoms with Gasteiger partial charge in [-0.1, -0.05) is 6.07 Å². The molecule has 0 bridgehead atoms. The van der Waals surface area contributed by atoms with Crippen LogP contribution < -0.4 is 10.2 Å². The normalized spacial score (nSPS) is 18.4. The van der Waals surface area contributed by atoms with Crippen molar-refractivity contribution >= 4 is 5.69 Å². The zero-order valence-electron chi connectivity index (χ0n) is 12.9. The van der Waals surface area contributed by atoms with E-state index in [1.165, 1.54) is 6.07 Å². The topological polar surface area (TPSA) is 33.7 Å². The lowest BCUT2D eigenvalue weighted by molar-refractivity contribution is 0.161. The van der Waals surface area contributed by atoms with Crippen molar-refractivity contribution in [2.24, 2.45) is 5.92 Å². The Labute approximate surface area is 126 Å². The summed E-state index contributed by atoms with van der Waals surface area (Å²) in [6.07, 6.45) is 1.10. The predicted molar refractivity (Wildman–Crippen MR) is 82.2 cm³/mol. The fourth-order valence-corrected chi connectivity index (χ4v) is 2.83. The number of halogens is 1. The fraction of sp³-hybridized carbons (Fsp3) is 0.625. The Morgan fingerprint density at radius 1 is 1.33 bits per heavy atom. The molecule has 1 heterocycles. The maximum Gasteiger partial charge on any atom is 0.129 e. The zero-order valence-corrected chi connectivity index (χ0v) is 12.9. The van der Waals surface area contributed by atoms with Crippen molar-refractivity contribution in [3.8, 4) is 0 Å². The van der Waals surface area contributed by atoms with Crippen LogP contribution in [0.5, 0.6) is 0 Å². The number of hydrogen-bond acceptors (Lipinski definition) is 4. The summed E-state index contributed by atoms with van der Waals surface area (Å²) >= 11 is 0. The van der Waals surface area contributed by atoms with Crippen molar-refractivity contribution in [2.45, 2.75) is 13.0 Å². The highest BCUT2D eigenvalue weighted by Gasteiger charge is 2.24. The summed E-state index contributed by atoms with van der Waals surface area (Å²) in [5.74, 6) is 0.389. The van der Waals surface area contributed by atoms with E-state index in [0.717, 1.165) is 43.9 Å². The number of methoxy groups -OCH3 is 2. The summed E-state index contributed by atoms with van der Waals surface area (Å²) < 4.78 is 24.4. The van der Waals surface area contributed by atoms with E-state index in [-0.39, 0.29) is 5.82 Å². The van der Waals surface area contributed by atoms with Gasteiger partial charge < -0.3 is 19.7 Å². The molecule has 1 unspecified atom stereocenters. The van der Waals surface area contributed by atoms with Crippen LogP contribution in [0, 0.1) is 11.7 Å². The molecule has 1 atom stereocenters. The van der Waals surface area contributed by atoms with Gasteiger partial charge in [0.15, 0.2) is 0 Å². The van der Waals surface area contributed by atoms with Crippen molar-refractivity contribution in [1.29, 1.82) is 0 Å². The van der Waals surface area contributed by atoms with Crippen LogP contribution in [0.4, 0.5) is 10.1 Å². The van der Waals surface area contributed by atoms with Crippen LogP contribution in [-0.4, -0.2) is 47.1 Å². The minimum atomic E-state index is -0.146. The van der Waals surface area contributed by atoms with Gasteiger partial charge in [0.1, 0.15) is 5.82 Å². The van der Waals surface area contributed by atoms with Crippen molar-refractivity contribution in [1.82, 2.24) is 5.32 Å². The highest BCUT2D eigenvalue weighted by Crippen LogP contribution is 2.28. The standard InChI is InChI=1S/C16H25FN2O2/c1-20-9-7-18-10-14-15(17)4-3-5-16(14)19-8-6-13(11-19)12-21-2/h3-5,13,18H,6-12H2,1-2H3. The quantitative estimate of drug-likeness (QED) is 0.744. The maximum atomic E-state index is 14.1. The van der Waals surface area contributed by atoms with E-state index in [2.05, 4.69) is 10.2 Å². The van der Waals surface area contributed by atoms with Crippen molar-refractivity contribution in [2.75, 3.05) is 52.0 Å². The van der Waals surface area contributed by atoms with Crippen molar-refractivity contribution in [3.63, 3.8) is 0 Å². The number of hydrogen-bond donors (Lipinski definition) is 1. The minimum absolute atomic E-state index is 0.146. The van der Waals surface area contributed by atoms with Crippen molar-refractivity contribution < 1.29 is 13.9 Å². The molecule has 21 heavy (non-hydrogen) atoms. The Bertz CT molecular complexity index is 442. The van der Waals surface area contributed by atoms with Gasteiger partial charge in [-0.3, -0.25) is 0 Å². The first-order valence-electron chi connectivity index (χ1n) is 7.47. The molecule has 0 radical (unpaired) electrons. The summed E-state index contributed by atoms with van der Waals surface area (Å²) in [7, 11) is 3.40. The Morgan fingerprint density at radius 3 is 2.95 bits per heavy atom. The number of anilines is 1. The molecule has 0 amide bonds. The monoisotopic (exact) mass is 296 g/mol. The third-order valence-electron chi connectivity index (χ3n) is 3.91. The van der Waals surface area contributed by atoms with E-state index in [1.807, 2.05) is 6.07 Å². The first-order chi connectivity index (χ1) is 10.3. The molecule has 2 rings (SSSR count). The Hall–Kier alpha value is -1.17. The summed E-state index contributed by atoms with van der Waals surface area (Å²) in [6.45, 7) is 4.54. The molecule has 0 aromatic heterocycles. The van der Waals surface area contributed by atoms with Crippen LogP contribution in [-0.2, 0) is 16.0 Å². The van der Waals surface area contributed by atoms with Crippen LogP contribution in [0.2, 0.25) is 0 Å². The van der Waals surface area contributed by atoms with E-state index in [0.29, 0.717) is 19.1 Å². The third kappa shape index (κ3) is 4.40. The molecule has 1 N–H and O–H groups in total. The number of ether oxygens (including phenoxy) is 2. The van der Waals surface area contributed by atoms with E-state index in [4.69, 9.17) is 9.47 Å². The largest absolute Gasteiger partial charge is 0.384 e.